The fraction of sp³-hybridized carbons (Fsp3) is 0.231. The number of rotatable bonds is 3. The fourth-order valence-electron chi connectivity index (χ4n) is 1.17. The van der Waals surface area contributed by atoms with E-state index in [0.29, 0.717) is 0 Å². The smallest absolute Gasteiger partial charge is 0.202 e. The second kappa shape index (κ2) is 4.39. The van der Waals surface area contributed by atoms with E-state index in [-0.39, 0.29) is 5.57 Å². The summed E-state index contributed by atoms with van der Waals surface area (Å²) in [6.45, 7) is 6.01. The van der Waals surface area contributed by atoms with Gasteiger partial charge in [0.15, 0.2) is 0 Å². The average molecular weight is 208 g/mol. The largest absolute Gasteiger partial charge is 0.269 e. The summed E-state index contributed by atoms with van der Waals surface area (Å²) in [4.78, 5) is 0. The molecule has 1 aromatic carbocycles. The minimum atomic E-state index is -2.85. The summed E-state index contributed by atoms with van der Waals surface area (Å²) < 4.78 is 25.7. The lowest BCUT2D eigenvalue weighted by molar-refractivity contribution is 0.0680. The molecule has 0 radical (unpaired) electrons. The molecule has 0 aliphatic carbocycles. The maximum atomic E-state index is 12.8. The van der Waals surface area contributed by atoms with Gasteiger partial charge < -0.3 is 0 Å². The Morgan fingerprint density at radius 2 is 1.80 bits per heavy atom. The van der Waals surface area contributed by atoms with Gasteiger partial charge in [0.2, 0.25) is 0 Å². The molecule has 2 heteroatoms. The van der Waals surface area contributed by atoms with E-state index < -0.39 is 5.92 Å². The standard InChI is InChI=1S/C13H14F2/c1-10(9-11(2)13(3,14)15)12-7-5-4-6-8-12/h4-9H,2H2,1,3H3/b10-9+. The molecule has 80 valence electrons. The Bertz CT molecular complexity index is 369. The Labute approximate surface area is 88.9 Å². The van der Waals surface area contributed by atoms with Gasteiger partial charge in [-0.15, -0.1) is 0 Å². The van der Waals surface area contributed by atoms with E-state index in [9.17, 15) is 8.78 Å². The highest BCUT2D eigenvalue weighted by molar-refractivity contribution is 5.66. The monoisotopic (exact) mass is 208 g/mol. The van der Waals surface area contributed by atoms with Crippen LogP contribution in [0.25, 0.3) is 5.57 Å². The van der Waals surface area contributed by atoms with Gasteiger partial charge in [-0.2, -0.15) is 0 Å². The highest BCUT2D eigenvalue weighted by Crippen LogP contribution is 2.25. The molecule has 0 aliphatic rings. The lowest BCUT2D eigenvalue weighted by Crippen LogP contribution is -2.10. The Balaban J connectivity index is 2.91. The van der Waals surface area contributed by atoms with E-state index in [1.807, 2.05) is 30.3 Å². The van der Waals surface area contributed by atoms with Crippen molar-refractivity contribution in [2.75, 3.05) is 0 Å². The van der Waals surface area contributed by atoms with Gasteiger partial charge in [-0.25, -0.2) is 8.78 Å². The molecule has 15 heavy (non-hydrogen) atoms. The molecule has 0 saturated heterocycles. The van der Waals surface area contributed by atoms with E-state index >= 15 is 0 Å². The third kappa shape index (κ3) is 3.31. The minimum absolute atomic E-state index is 0.163. The molecule has 0 atom stereocenters. The summed E-state index contributed by atoms with van der Waals surface area (Å²) in [5.41, 5.74) is 1.56. The van der Waals surface area contributed by atoms with Gasteiger partial charge in [-0.3, -0.25) is 0 Å². The molecule has 1 aromatic rings. The van der Waals surface area contributed by atoms with Gasteiger partial charge >= 0.3 is 0 Å². The highest BCUT2D eigenvalue weighted by Gasteiger charge is 2.23. The van der Waals surface area contributed by atoms with Crippen LogP contribution in [0.15, 0.2) is 48.6 Å². The molecule has 1 rings (SSSR count). The molecule has 0 nitrogen and oxygen atoms in total. The molecule has 0 aromatic heterocycles. The van der Waals surface area contributed by atoms with Crippen LogP contribution in [0.4, 0.5) is 8.78 Å². The van der Waals surface area contributed by atoms with Gasteiger partial charge in [0.1, 0.15) is 0 Å². The topological polar surface area (TPSA) is 0 Å². The fourth-order valence-corrected chi connectivity index (χ4v) is 1.17. The van der Waals surface area contributed by atoms with E-state index in [0.717, 1.165) is 18.1 Å². The zero-order valence-electron chi connectivity index (χ0n) is 8.93. The molecule has 0 amide bonds. The summed E-state index contributed by atoms with van der Waals surface area (Å²) in [5, 5.41) is 0. The van der Waals surface area contributed by atoms with E-state index in [1.54, 1.807) is 6.92 Å². The predicted octanol–water partition coefficient (Wildman–Crippen LogP) is 4.30. The molecule has 0 N–H and O–H groups in total. The molecular formula is C13H14F2. The van der Waals surface area contributed by atoms with Gasteiger partial charge in [0, 0.05) is 12.5 Å². The zero-order valence-corrected chi connectivity index (χ0v) is 8.93. The van der Waals surface area contributed by atoms with Crippen LogP contribution < -0.4 is 0 Å². The first kappa shape index (κ1) is 11.6. The molecule has 0 aliphatic heterocycles. The molecule has 0 unspecified atom stereocenters. The number of allylic oxidation sites excluding steroid dienone is 3. The quantitative estimate of drug-likeness (QED) is 0.649. The van der Waals surface area contributed by atoms with Crippen molar-refractivity contribution in [1.29, 1.82) is 0 Å². The van der Waals surface area contributed by atoms with Crippen molar-refractivity contribution in [2.24, 2.45) is 0 Å². The average Bonchev–Trinajstić information content (AvgIpc) is 2.17. The van der Waals surface area contributed by atoms with Gasteiger partial charge in [0.05, 0.1) is 0 Å². The van der Waals surface area contributed by atoms with Gasteiger partial charge in [-0.05, 0) is 18.1 Å². The summed E-state index contributed by atoms with van der Waals surface area (Å²) in [6.07, 6.45) is 1.43. The number of benzene rings is 1. The highest BCUT2D eigenvalue weighted by atomic mass is 19.3. The predicted molar refractivity (Wildman–Crippen MR) is 59.9 cm³/mol. The third-order valence-electron chi connectivity index (χ3n) is 2.18. The van der Waals surface area contributed by atoms with Crippen molar-refractivity contribution in [3.05, 3.63) is 54.1 Å². The minimum Gasteiger partial charge on any atom is -0.202 e. The van der Waals surface area contributed by atoms with Gasteiger partial charge in [-0.1, -0.05) is 43.0 Å². The van der Waals surface area contributed by atoms with E-state index in [1.165, 1.54) is 6.08 Å². The van der Waals surface area contributed by atoms with Crippen molar-refractivity contribution < 1.29 is 8.78 Å². The van der Waals surface area contributed by atoms with Crippen LogP contribution in [-0.4, -0.2) is 5.92 Å². The van der Waals surface area contributed by atoms with Crippen molar-refractivity contribution in [3.8, 4) is 0 Å². The van der Waals surface area contributed by atoms with Crippen LogP contribution in [0.2, 0.25) is 0 Å². The van der Waals surface area contributed by atoms with Crippen LogP contribution >= 0.6 is 0 Å². The zero-order chi connectivity index (χ0) is 11.5. The maximum absolute atomic E-state index is 12.8. The lowest BCUT2D eigenvalue weighted by atomic mass is 10.0. The number of alkyl halides is 2. The number of hydrogen-bond acceptors (Lipinski definition) is 0. The lowest BCUT2D eigenvalue weighted by Gasteiger charge is -2.11. The molecule has 0 bridgehead atoms. The maximum Gasteiger partial charge on any atom is 0.269 e. The Morgan fingerprint density at radius 1 is 1.27 bits per heavy atom. The second-order valence-electron chi connectivity index (χ2n) is 3.61. The Kier molecular flexibility index (Phi) is 3.40. The summed E-state index contributed by atoms with van der Waals surface area (Å²) >= 11 is 0. The molecule has 0 heterocycles. The number of halogens is 2. The Hall–Kier alpha value is -1.44. The first-order valence-electron chi connectivity index (χ1n) is 4.72. The van der Waals surface area contributed by atoms with Crippen LogP contribution in [-0.2, 0) is 0 Å². The summed E-state index contributed by atoms with van der Waals surface area (Å²) in [7, 11) is 0. The van der Waals surface area contributed by atoms with Crippen molar-refractivity contribution in [3.63, 3.8) is 0 Å². The van der Waals surface area contributed by atoms with Crippen molar-refractivity contribution in [1.82, 2.24) is 0 Å². The van der Waals surface area contributed by atoms with Crippen molar-refractivity contribution >= 4 is 5.57 Å². The molecular weight excluding hydrogens is 194 g/mol. The molecule has 0 saturated carbocycles. The number of hydrogen-bond donors (Lipinski definition) is 0. The second-order valence-corrected chi connectivity index (χ2v) is 3.61. The first-order chi connectivity index (χ1) is 6.91. The van der Waals surface area contributed by atoms with Crippen LogP contribution in [0.5, 0.6) is 0 Å². The van der Waals surface area contributed by atoms with Crippen molar-refractivity contribution in [2.45, 2.75) is 19.8 Å². The van der Waals surface area contributed by atoms with Crippen LogP contribution in [0, 0.1) is 0 Å². The normalized spacial score (nSPS) is 12.7. The summed E-state index contributed by atoms with van der Waals surface area (Å²) in [6, 6.07) is 9.40. The first-order valence-corrected chi connectivity index (χ1v) is 4.72. The SMILES string of the molecule is C=C(/C=C(\C)c1ccccc1)C(C)(F)F. The van der Waals surface area contributed by atoms with E-state index in [4.69, 9.17) is 0 Å². The van der Waals surface area contributed by atoms with Crippen LogP contribution in [0.3, 0.4) is 0 Å². The van der Waals surface area contributed by atoms with E-state index in [2.05, 4.69) is 6.58 Å². The summed E-state index contributed by atoms with van der Waals surface area (Å²) in [5.74, 6) is -2.85. The van der Waals surface area contributed by atoms with Crippen LogP contribution in [0.1, 0.15) is 19.4 Å². The Morgan fingerprint density at radius 3 is 2.27 bits per heavy atom. The molecule has 0 fully saturated rings. The molecule has 0 spiro atoms. The van der Waals surface area contributed by atoms with Gasteiger partial charge in [0.25, 0.3) is 5.92 Å². The third-order valence-corrected chi connectivity index (χ3v) is 2.18.